The smallest absolute Gasteiger partial charge is 0.277 e. The van der Waals surface area contributed by atoms with Crippen molar-refractivity contribution < 1.29 is 24.2 Å². The van der Waals surface area contributed by atoms with Crippen LogP contribution in [0.4, 0.5) is 10.1 Å². The number of hydrogen-bond acceptors (Lipinski definition) is 7. The van der Waals surface area contributed by atoms with E-state index >= 15 is 0 Å². The molecule has 0 aliphatic carbocycles. The molecule has 0 fully saturated rings. The quantitative estimate of drug-likeness (QED) is 0.382. The number of aromatic hydroxyl groups is 2. The van der Waals surface area contributed by atoms with E-state index in [9.17, 15) is 24.2 Å². The number of nitrogens with one attached hydrogen (secondary N) is 1. The zero-order valence-electron chi connectivity index (χ0n) is 19.5. The number of carbonyl (C=O) groups is 2. The largest absolute Gasteiger partial charge is 0.501 e. The number of nitrogens with zero attached hydrogens (tertiary/aromatic N) is 4. The summed E-state index contributed by atoms with van der Waals surface area (Å²) >= 11 is 0. The van der Waals surface area contributed by atoms with Gasteiger partial charge in [0, 0.05) is 18.4 Å². The minimum Gasteiger partial charge on any atom is -0.501 e. The number of anilines is 1. The van der Waals surface area contributed by atoms with Crippen LogP contribution in [0.2, 0.25) is 0 Å². The Labute approximate surface area is 211 Å². The maximum atomic E-state index is 13.6. The maximum Gasteiger partial charge on any atom is 0.277 e. The fourth-order valence-corrected chi connectivity index (χ4v) is 4.29. The highest BCUT2D eigenvalue weighted by Crippen LogP contribution is 2.39. The fraction of sp³-hybridized carbons (Fsp3) is 0.148. The summed E-state index contributed by atoms with van der Waals surface area (Å²) in [5.74, 6) is -3.12. The third kappa shape index (κ3) is 4.81. The number of halogens is 1. The molecule has 1 unspecified atom stereocenters. The maximum absolute atomic E-state index is 13.6. The van der Waals surface area contributed by atoms with Crippen LogP contribution in [-0.4, -0.2) is 37.0 Å². The molecule has 2 aromatic carbocycles. The van der Waals surface area contributed by atoms with E-state index in [2.05, 4.69) is 20.3 Å². The molecule has 4 aromatic rings. The first-order valence-electron chi connectivity index (χ1n) is 11.6. The van der Waals surface area contributed by atoms with Crippen LogP contribution < -0.4 is 10.2 Å². The molecule has 1 atom stereocenters. The molecule has 3 heterocycles. The van der Waals surface area contributed by atoms with Crippen LogP contribution in [0.15, 0.2) is 72.9 Å². The van der Waals surface area contributed by atoms with E-state index in [1.54, 1.807) is 24.3 Å². The predicted molar refractivity (Wildman–Crippen MR) is 131 cm³/mol. The van der Waals surface area contributed by atoms with Crippen LogP contribution in [0.1, 0.15) is 50.4 Å². The lowest BCUT2D eigenvalue weighted by Gasteiger charge is -2.36. The van der Waals surface area contributed by atoms with Gasteiger partial charge < -0.3 is 15.5 Å². The van der Waals surface area contributed by atoms with Gasteiger partial charge >= 0.3 is 0 Å². The molecule has 2 amide bonds. The third-order valence-corrected chi connectivity index (χ3v) is 6.12. The van der Waals surface area contributed by atoms with Crippen LogP contribution >= 0.6 is 0 Å². The molecule has 2 aromatic heterocycles. The van der Waals surface area contributed by atoms with Crippen molar-refractivity contribution in [1.29, 1.82) is 0 Å². The summed E-state index contributed by atoms with van der Waals surface area (Å²) in [5, 5.41) is 23.3. The molecule has 37 heavy (non-hydrogen) atoms. The first-order valence-corrected chi connectivity index (χ1v) is 11.6. The average Bonchev–Trinajstić information content (AvgIpc) is 2.93. The van der Waals surface area contributed by atoms with Crippen LogP contribution in [0.3, 0.4) is 0 Å². The van der Waals surface area contributed by atoms with Gasteiger partial charge in [0.25, 0.3) is 17.7 Å². The first-order chi connectivity index (χ1) is 17.9. The van der Waals surface area contributed by atoms with Crippen molar-refractivity contribution in [1.82, 2.24) is 20.3 Å². The lowest BCUT2D eigenvalue weighted by Crippen LogP contribution is -2.40. The second-order valence-corrected chi connectivity index (χ2v) is 8.49. The van der Waals surface area contributed by atoms with Gasteiger partial charge in [-0.2, -0.15) is 4.98 Å². The molecule has 3 N–H and O–H groups in total. The standard InChI is InChI=1S/C27H22FN5O4/c28-18-11-8-16(9-12-18)15-30-25(35)22-23(34)26(36)32-24(31-22)21-13-10-17-5-1-2-7-20(17)33(21)27(37)19-6-3-4-14-29-19/h1-9,11-12,14,21,34H,10,13,15H2,(H,30,35)(H,31,32,36). The highest BCUT2D eigenvalue weighted by atomic mass is 19.1. The topological polar surface area (TPSA) is 129 Å². The van der Waals surface area contributed by atoms with Crippen molar-refractivity contribution in [3.05, 3.63) is 107 Å². The Balaban J connectivity index is 1.50. The van der Waals surface area contributed by atoms with Gasteiger partial charge in [-0.05, 0) is 54.3 Å². The Morgan fingerprint density at radius 2 is 1.76 bits per heavy atom. The van der Waals surface area contributed by atoms with Crippen molar-refractivity contribution >= 4 is 17.5 Å². The number of pyridine rings is 1. The summed E-state index contributed by atoms with van der Waals surface area (Å²) in [6, 6.07) is 17.2. The molecule has 9 nitrogen and oxygen atoms in total. The van der Waals surface area contributed by atoms with Crippen LogP contribution in [-0.2, 0) is 13.0 Å². The zero-order valence-corrected chi connectivity index (χ0v) is 19.5. The summed E-state index contributed by atoms with van der Waals surface area (Å²) in [6.45, 7) is 0.0414. The molecular formula is C27H22FN5O4. The van der Waals surface area contributed by atoms with E-state index in [1.165, 1.54) is 35.4 Å². The number of aromatic nitrogens is 3. The summed E-state index contributed by atoms with van der Waals surface area (Å²) in [7, 11) is 0. The first kappa shape index (κ1) is 23.9. The van der Waals surface area contributed by atoms with Gasteiger partial charge in [0.15, 0.2) is 11.5 Å². The van der Waals surface area contributed by atoms with Gasteiger partial charge in [-0.1, -0.05) is 36.4 Å². The normalized spacial score (nSPS) is 14.6. The summed E-state index contributed by atoms with van der Waals surface area (Å²) in [5.41, 5.74) is 2.00. The SMILES string of the molecule is O=C(NCc1ccc(F)cc1)c1nc(C2CCc3ccccc3N2C(=O)c2ccccn2)nc(O)c1O. The molecule has 10 heteroatoms. The summed E-state index contributed by atoms with van der Waals surface area (Å²) in [4.78, 5) is 40.5. The molecule has 0 saturated heterocycles. The Bertz CT molecular complexity index is 1460. The van der Waals surface area contributed by atoms with E-state index in [1.807, 2.05) is 18.2 Å². The number of fused-ring (bicyclic) bond motifs is 1. The minimum atomic E-state index is -0.779. The lowest BCUT2D eigenvalue weighted by molar-refractivity contribution is 0.0941. The number of amides is 2. The van der Waals surface area contributed by atoms with Crippen molar-refractivity contribution in [2.24, 2.45) is 0 Å². The van der Waals surface area contributed by atoms with E-state index in [4.69, 9.17) is 0 Å². The van der Waals surface area contributed by atoms with E-state index in [-0.39, 0.29) is 18.1 Å². The number of para-hydroxylation sites is 1. The molecule has 5 rings (SSSR count). The number of aryl methyl sites for hydroxylation is 1. The van der Waals surface area contributed by atoms with Crippen molar-refractivity contribution in [2.75, 3.05) is 4.90 Å². The molecule has 0 bridgehead atoms. The van der Waals surface area contributed by atoms with Crippen molar-refractivity contribution in [2.45, 2.75) is 25.4 Å². The minimum absolute atomic E-state index is 0.000941. The number of hydrogen-bond donors (Lipinski definition) is 3. The summed E-state index contributed by atoms with van der Waals surface area (Å²) < 4.78 is 13.2. The molecule has 0 spiro atoms. The molecular weight excluding hydrogens is 477 g/mol. The fourth-order valence-electron chi connectivity index (χ4n) is 4.29. The molecule has 1 aliphatic heterocycles. The molecule has 0 radical (unpaired) electrons. The average molecular weight is 500 g/mol. The second kappa shape index (κ2) is 10.0. The van der Waals surface area contributed by atoms with Gasteiger partial charge in [-0.25, -0.2) is 9.37 Å². The van der Waals surface area contributed by atoms with E-state index in [0.717, 1.165) is 5.56 Å². The highest BCUT2D eigenvalue weighted by molar-refractivity contribution is 6.06. The Morgan fingerprint density at radius 1 is 1.00 bits per heavy atom. The highest BCUT2D eigenvalue weighted by Gasteiger charge is 2.36. The van der Waals surface area contributed by atoms with Crippen molar-refractivity contribution in [3.8, 4) is 11.6 Å². The van der Waals surface area contributed by atoms with Crippen LogP contribution in [0.25, 0.3) is 0 Å². The van der Waals surface area contributed by atoms with Gasteiger partial charge in [0.05, 0.1) is 6.04 Å². The number of rotatable bonds is 5. The van der Waals surface area contributed by atoms with Crippen molar-refractivity contribution in [3.63, 3.8) is 0 Å². The molecule has 0 saturated carbocycles. The Morgan fingerprint density at radius 3 is 2.51 bits per heavy atom. The third-order valence-electron chi connectivity index (χ3n) is 6.12. The Kier molecular flexibility index (Phi) is 6.46. The van der Waals surface area contributed by atoms with E-state index in [0.29, 0.717) is 24.1 Å². The zero-order chi connectivity index (χ0) is 25.9. The van der Waals surface area contributed by atoms with Gasteiger partial charge in [-0.3, -0.25) is 19.5 Å². The predicted octanol–water partition coefficient (Wildman–Crippen LogP) is 3.69. The van der Waals surface area contributed by atoms with Gasteiger partial charge in [-0.15, -0.1) is 0 Å². The lowest BCUT2D eigenvalue weighted by atomic mass is 9.94. The van der Waals surface area contributed by atoms with Crippen LogP contribution in [0.5, 0.6) is 11.6 Å². The van der Waals surface area contributed by atoms with E-state index < -0.39 is 41.0 Å². The summed E-state index contributed by atoms with van der Waals surface area (Å²) in [6.07, 6.45) is 2.53. The molecule has 186 valence electrons. The molecule has 1 aliphatic rings. The number of carbonyl (C=O) groups excluding carboxylic acids is 2. The van der Waals surface area contributed by atoms with Gasteiger partial charge in [0.2, 0.25) is 5.75 Å². The monoisotopic (exact) mass is 499 g/mol. The van der Waals surface area contributed by atoms with Gasteiger partial charge in [0.1, 0.15) is 11.5 Å². The second-order valence-electron chi connectivity index (χ2n) is 8.49. The Hall–Kier alpha value is -4.86. The van der Waals surface area contributed by atoms with Crippen LogP contribution in [0, 0.1) is 5.82 Å². The number of benzene rings is 2.